The number of aromatic nitrogens is 2. The first kappa shape index (κ1) is 15.7. The van der Waals surface area contributed by atoms with Gasteiger partial charge < -0.3 is 9.47 Å². The number of rotatable bonds is 5. The van der Waals surface area contributed by atoms with Crippen LogP contribution in [0.25, 0.3) is 0 Å². The fraction of sp³-hybridized carbons (Fsp3) is 0.444. The van der Waals surface area contributed by atoms with E-state index in [1.165, 1.54) is 5.56 Å². The van der Waals surface area contributed by atoms with E-state index in [0.717, 1.165) is 32.6 Å². The molecule has 1 amide bonds. The first-order chi connectivity index (χ1) is 11.2. The van der Waals surface area contributed by atoms with Crippen LogP contribution in [0, 0.1) is 0 Å². The summed E-state index contributed by atoms with van der Waals surface area (Å²) in [5.74, 6) is 0.263. The molecule has 1 aromatic carbocycles. The van der Waals surface area contributed by atoms with Gasteiger partial charge in [-0.2, -0.15) is 0 Å². The van der Waals surface area contributed by atoms with Crippen LogP contribution in [0.15, 0.2) is 49.1 Å². The van der Waals surface area contributed by atoms with E-state index in [0.29, 0.717) is 12.5 Å². The third-order valence-corrected chi connectivity index (χ3v) is 4.55. The molecule has 1 fully saturated rings. The van der Waals surface area contributed by atoms with Gasteiger partial charge in [-0.1, -0.05) is 30.3 Å². The van der Waals surface area contributed by atoms with E-state index in [1.807, 2.05) is 21.7 Å². The molecule has 0 spiro atoms. The summed E-state index contributed by atoms with van der Waals surface area (Å²) in [6.45, 7) is 3.38. The van der Waals surface area contributed by atoms with E-state index in [-0.39, 0.29) is 5.91 Å². The highest BCUT2D eigenvalue weighted by atomic mass is 16.2. The number of carbonyl (C=O) groups excluding carboxylic acids is 1. The van der Waals surface area contributed by atoms with Crippen LogP contribution in [0.1, 0.15) is 24.4 Å². The Kier molecular flexibility index (Phi) is 5.08. The molecule has 5 nitrogen and oxygen atoms in total. The van der Waals surface area contributed by atoms with Crippen molar-refractivity contribution in [3.05, 3.63) is 54.6 Å². The van der Waals surface area contributed by atoms with E-state index in [9.17, 15) is 4.79 Å². The van der Waals surface area contributed by atoms with Gasteiger partial charge in [0.2, 0.25) is 5.91 Å². The number of aryl methyl sites for hydroxylation is 1. The zero-order valence-electron chi connectivity index (χ0n) is 13.6. The van der Waals surface area contributed by atoms with Crippen LogP contribution in [-0.4, -0.2) is 51.9 Å². The van der Waals surface area contributed by atoms with Crippen molar-refractivity contribution in [1.82, 2.24) is 19.4 Å². The van der Waals surface area contributed by atoms with E-state index in [2.05, 4.69) is 41.2 Å². The first-order valence-electron chi connectivity index (χ1n) is 8.23. The Labute approximate surface area is 137 Å². The number of nitrogens with zero attached hydrogens (tertiary/aromatic N) is 4. The SMILES string of the molecule is CN1CCN(C(=O)CCCn2ccnc2)C[C@@H]1c1ccccc1. The summed E-state index contributed by atoms with van der Waals surface area (Å²) in [5, 5.41) is 0. The number of likely N-dealkylation sites (N-methyl/N-ethyl adjacent to an activating group) is 1. The van der Waals surface area contributed by atoms with Crippen LogP contribution >= 0.6 is 0 Å². The summed E-state index contributed by atoms with van der Waals surface area (Å²) < 4.78 is 2.02. The number of benzene rings is 1. The van der Waals surface area contributed by atoms with Crippen LogP contribution in [0.3, 0.4) is 0 Å². The molecule has 0 N–H and O–H groups in total. The smallest absolute Gasteiger partial charge is 0.222 e. The van der Waals surface area contributed by atoms with Gasteiger partial charge in [0, 0.05) is 45.0 Å². The lowest BCUT2D eigenvalue weighted by Crippen LogP contribution is -2.49. The third kappa shape index (κ3) is 3.99. The maximum absolute atomic E-state index is 12.5. The van der Waals surface area contributed by atoms with Gasteiger partial charge in [0.05, 0.1) is 12.4 Å². The molecular weight excluding hydrogens is 288 g/mol. The Morgan fingerprint density at radius 2 is 2.09 bits per heavy atom. The molecule has 0 unspecified atom stereocenters. The molecular formula is C18H24N4O. The number of amides is 1. The van der Waals surface area contributed by atoms with Crippen LogP contribution in [0.4, 0.5) is 0 Å². The predicted molar refractivity (Wildman–Crippen MR) is 89.9 cm³/mol. The molecule has 23 heavy (non-hydrogen) atoms. The molecule has 1 atom stereocenters. The highest BCUT2D eigenvalue weighted by molar-refractivity contribution is 5.76. The summed E-state index contributed by atoms with van der Waals surface area (Å²) in [7, 11) is 2.14. The Bertz CT molecular complexity index is 611. The second-order valence-electron chi connectivity index (χ2n) is 6.15. The van der Waals surface area contributed by atoms with Crippen molar-refractivity contribution in [2.75, 3.05) is 26.7 Å². The molecule has 5 heteroatoms. The van der Waals surface area contributed by atoms with Gasteiger partial charge in [0.15, 0.2) is 0 Å². The van der Waals surface area contributed by atoms with Crippen molar-refractivity contribution in [2.24, 2.45) is 0 Å². The summed E-state index contributed by atoms with van der Waals surface area (Å²) in [5.41, 5.74) is 1.28. The van der Waals surface area contributed by atoms with Gasteiger partial charge >= 0.3 is 0 Å². The van der Waals surface area contributed by atoms with Crippen LogP contribution < -0.4 is 0 Å². The minimum Gasteiger partial charge on any atom is -0.339 e. The zero-order valence-corrected chi connectivity index (χ0v) is 13.6. The van der Waals surface area contributed by atoms with Crippen molar-refractivity contribution >= 4 is 5.91 Å². The van der Waals surface area contributed by atoms with Crippen molar-refractivity contribution in [3.63, 3.8) is 0 Å². The number of carbonyl (C=O) groups is 1. The Morgan fingerprint density at radius 3 is 2.83 bits per heavy atom. The molecule has 122 valence electrons. The molecule has 1 aliphatic rings. The third-order valence-electron chi connectivity index (χ3n) is 4.55. The first-order valence-corrected chi connectivity index (χ1v) is 8.23. The number of imidazole rings is 1. The van der Waals surface area contributed by atoms with Gasteiger partial charge in [-0.05, 0) is 19.0 Å². The highest BCUT2D eigenvalue weighted by Crippen LogP contribution is 2.24. The molecule has 1 aliphatic heterocycles. The van der Waals surface area contributed by atoms with Crippen LogP contribution in [0.5, 0.6) is 0 Å². The van der Waals surface area contributed by atoms with Crippen molar-refractivity contribution in [1.29, 1.82) is 0 Å². The number of hydrogen-bond donors (Lipinski definition) is 0. The van der Waals surface area contributed by atoms with Crippen molar-refractivity contribution in [3.8, 4) is 0 Å². The summed E-state index contributed by atoms with van der Waals surface area (Å²) in [4.78, 5) is 20.9. The van der Waals surface area contributed by atoms with Gasteiger partial charge in [-0.15, -0.1) is 0 Å². The molecule has 2 heterocycles. The van der Waals surface area contributed by atoms with Crippen molar-refractivity contribution in [2.45, 2.75) is 25.4 Å². The topological polar surface area (TPSA) is 41.4 Å². The Morgan fingerprint density at radius 1 is 1.26 bits per heavy atom. The predicted octanol–water partition coefficient (Wildman–Crippen LogP) is 2.18. The maximum Gasteiger partial charge on any atom is 0.222 e. The molecule has 2 aromatic rings. The molecule has 0 radical (unpaired) electrons. The van der Waals surface area contributed by atoms with E-state index in [1.54, 1.807) is 12.5 Å². The standard InChI is InChI=1S/C18H24N4O/c1-20-12-13-22(14-17(20)16-6-3-2-4-7-16)18(23)8-5-10-21-11-9-19-15-21/h2-4,6-7,9,11,15,17H,5,8,10,12-14H2,1H3/t17-/m1/s1. The molecule has 0 bridgehead atoms. The largest absolute Gasteiger partial charge is 0.339 e. The van der Waals surface area contributed by atoms with Gasteiger partial charge in [-0.25, -0.2) is 4.98 Å². The normalized spacial score (nSPS) is 19.0. The summed E-state index contributed by atoms with van der Waals surface area (Å²) in [6.07, 6.45) is 6.96. The second kappa shape index (κ2) is 7.42. The van der Waals surface area contributed by atoms with Gasteiger partial charge in [0.1, 0.15) is 0 Å². The minimum absolute atomic E-state index is 0.263. The highest BCUT2D eigenvalue weighted by Gasteiger charge is 2.27. The van der Waals surface area contributed by atoms with Gasteiger partial charge in [-0.3, -0.25) is 9.69 Å². The molecule has 0 saturated carbocycles. The summed E-state index contributed by atoms with van der Waals surface area (Å²) >= 11 is 0. The van der Waals surface area contributed by atoms with E-state index in [4.69, 9.17) is 0 Å². The second-order valence-corrected chi connectivity index (χ2v) is 6.15. The molecule has 1 saturated heterocycles. The molecule has 3 rings (SSSR count). The van der Waals surface area contributed by atoms with E-state index < -0.39 is 0 Å². The zero-order chi connectivity index (χ0) is 16.1. The fourth-order valence-electron chi connectivity index (χ4n) is 3.13. The minimum atomic E-state index is 0.263. The Balaban J connectivity index is 1.54. The lowest BCUT2D eigenvalue weighted by atomic mass is 10.0. The maximum atomic E-state index is 12.5. The number of hydrogen-bond acceptors (Lipinski definition) is 3. The average molecular weight is 312 g/mol. The van der Waals surface area contributed by atoms with Crippen molar-refractivity contribution < 1.29 is 4.79 Å². The van der Waals surface area contributed by atoms with Crippen LogP contribution in [-0.2, 0) is 11.3 Å². The lowest BCUT2D eigenvalue weighted by Gasteiger charge is -2.39. The van der Waals surface area contributed by atoms with Crippen LogP contribution in [0.2, 0.25) is 0 Å². The monoisotopic (exact) mass is 312 g/mol. The number of piperazine rings is 1. The quantitative estimate of drug-likeness (QED) is 0.850. The fourth-order valence-corrected chi connectivity index (χ4v) is 3.13. The van der Waals surface area contributed by atoms with Gasteiger partial charge in [0.25, 0.3) is 0 Å². The van der Waals surface area contributed by atoms with E-state index >= 15 is 0 Å². The molecule has 0 aliphatic carbocycles. The summed E-state index contributed by atoms with van der Waals surface area (Å²) in [6, 6.07) is 10.8. The Hall–Kier alpha value is -2.14. The molecule has 1 aromatic heterocycles. The average Bonchev–Trinajstić information content (AvgIpc) is 3.09. The lowest BCUT2D eigenvalue weighted by molar-refractivity contribution is -0.134.